The van der Waals surface area contributed by atoms with Crippen molar-refractivity contribution < 1.29 is 32.6 Å². The maximum atomic E-state index is 13.2. The Kier molecular flexibility index (Phi) is 3.35. The van der Waals surface area contributed by atoms with Crippen LogP contribution in [-0.2, 0) is 20.5 Å². The van der Waals surface area contributed by atoms with Crippen molar-refractivity contribution in [2.75, 3.05) is 4.90 Å². The molecule has 10 heteroatoms. The van der Waals surface area contributed by atoms with E-state index in [-0.39, 0.29) is 12.1 Å². The molecule has 2 bridgehead atoms. The molecular formula is C17H14F3N3O4. The second kappa shape index (κ2) is 5.05. The van der Waals surface area contributed by atoms with E-state index in [0.29, 0.717) is 11.0 Å². The summed E-state index contributed by atoms with van der Waals surface area (Å²) in [6.07, 6.45) is -4.79. The first kappa shape index (κ1) is 17.9. The number of nitrogens with zero attached hydrogens (tertiary/aromatic N) is 3. The van der Waals surface area contributed by atoms with Gasteiger partial charge in [0, 0.05) is 6.42 Å². The van der Waals surface area contributed by atoms with E-state index >= 15 is 0 Å². The van der Waals surface area contributed by atoms with E-state index in [2.05, 4.69) is 4.98 Å². The van der Waals surface area contributed by atoms with Crippen LogP contribution in [0.5, 0.6) is 0 Å². The maximum Gasteiger partial charge on any atom is 0.419 e. The number of anilines is 1. The zero-order valence-corrected chi connectivity index (χ0v) is 14.2. The molecule has 4 heterocycles. The molecule has 0 saturated carbocycles. The zero-order valence-electron chi connectivity index (χ0n) is 14.2. The van der Waals surface area contributed by atoms with E-state index in [1.165, 1.54) is 13.0 Å². The Balaban J connectivity index is 1.81. The SMILES string of the molecule is C[C@]12O[C@](C)(C[C@@H]1O)[C@H]1C(=O)N(c3cnc(C#N)c(C(F)(F)F)c3)C(=O)[C@H]12. The number of amides is 2. The smallest absolute Gasteiger partial charge is 0.390 e. The normalized spacial score (nSPS) is 37.7. The van der Waals surface area contributed by atoms with E-state index in [0.717, 1.165) is 6.20 Å². The van der Waals surface area contributed by atoms with E-state index in [4.69, 9.17) is 10.00 Å². The van der Waals surface area contributed by atoms with Gasteiger partial charge in [0.2, 0.25) is 11.8 Å². The lowest BCUT2D eigenvalue weighted by molar-refractivity contribution is -0.138. The van der Waals surface area contributed by atoms with Crippen LogP contribution >= 0.6 is 0 Å². The topological polar surface area (TPSA) is 104 Å². The van der Waals surface area contributed by atoms with Crippen molar-refractivity contribution in [3.63, 3.8) is 0 Å². The number of aliphatic hydroxyl groups is 1. The number of carbonyl (C=O) groups is 2. The molecule has 7 nitrogen and oxygen atoms in total. The third-order valence-corrected chi connectivity index (χ3v) is 5.84. The average molecular weight is 381 g/mol. The maximum absolute atomic E-state index is 13.2. The quantitative estimate of drug-likeness (QED) is 0.738. The highest BCUT2D eigenvalue weighted by atomic mass is 19.4. The van der Waals surface area contributed by atoms with Crippen molar-refractivity contribution in [3.05, 3.63) is 23.5 Å². The van der Waals surface area contributed by atoms with Gasteiger partial charge in [-0.3, -0.25) is 9.59 Å². The summed E-state index contributed by atoms with van der Waals surface area (Å²) in [4.78, 5) is 30.0. The van der Waals surface area contributed by atoms with Crippen LogP contribution in [0, 0.1) is 23.2 Å². The van der Waals surface area contributed by atoms with Crippen LogP contribution in [0.2, 0.25) is 0 Å². The molecule has 142 valence electrons. The third kappa shape index (κ3) is 2.12. The Hall–Kier alpha value is -2.51. The molecule has 1 aromatic heterocycles. The standard InChI is InChI=1S/C17H14F3N3O4/c1-15-4-10(24)16(2,27-15)12-11(15)13(25)23(14(12)26)7-3-8(17(18,19)20)9(5-21)22-6-7/h3,6,10-12,24H,4H2,1-2H3/t10-,11+,12-,15+,16-/m0/s1. The van der Waals surface area contributed by atoms with Gasteiger partial charge in [-0.2, -0.15) is 18.4 Å². The van der Waals surface area contributed by atoms with Crippen molar-refractivity contribution >= 4 is 17.5 Å². The van der Waals surface area contributed by atoms with Crippen LogP contribution in [0.4, 0.5) is 18.9 Å². The van der Waals surface area contributed by atoms with Gasteiger partial charge in [-0.1, -0.05) is 0 Å². The second-order valence-electron chi connectivity index (χ2n) is 7.48. The van der Waals surface area contributed by atoms with E-state index in [1.807, 2.05) is 0 Å². The summed E-state index contributed by atoms with van der Waals surface area (Å²) in [6, 6.07) is 1.93. The number of aromatic nitrogens is 1. The van der Waals surface area contributed by atoms with Crippen LogP contribution in [-0.4, -0.2) is 39.2 Å². The molecule has 3 saturated heterocycles. The Morgan fingerprint density at radius 3 is 2.56 bits per heavy atom. The first-order valence-corrected chi connectivity index (χ1v) is 8.17. The van der Waals surface area contributed by atoms with Gasteiger partial charge in [0.05, 0.1) is 41.0 Å². The average Bonchev–Trinajstić information content (AvgIpc) is 3.07. The first-order valence-electron chi connectivity index (χ1n) is 8.17. The number of hydrogen-bond acceptors (Lipinski definition) is 6. The van der Waals surface area contributed by atoms with E-state index < -0.39 is 58.4 Å². The fourth-order valence-corrected chi connectivity index (χ4v) is 4.66. The number of hydrogen-bond donors (Lipinski definition) is 1. The number of aliphatic hydroxyl groups excluding tert-OH is 1. The molecule has 1 N–H and O–H groups in total. The van der Waals surface area contributed by atoms with Gasteiger partial charge in [0.1, 0.15) is 11.7 Å². The van der Waals surface area contributed by atoms with Crippen LogP contribution in [0.15, 0.2) is 12.3 Å². The highest BCUT2D eigenvalue weighted by Gasteiger charge is 2.75. The summed E-state index contributed by atoms with van der Waals surface area (Å²) in [5, 5.41) is 19.1. The predicted molar refractivity (Wildman–Crippen MR) is 81.9 cm³/mol. The minimum absolute atomic E-state index is 0.150. The predicted octanol–water partition coefficient (Wildman–Crippen LogP) is 1.39. The van der Waals surface area contributed by atoms with Crippen molar-refractivity contribution in [2.24, 2.45) is 11.8 Å². The molecule has 3 aliphatic heterocycles. The van der Waals surface area contributed by atoms with Crippen molar-refractivity contribution in [3.8, 4) is 6.07 Å². The first-order chi connectivity index (χ1) is 12.4. The van der Waals surface area contributed by atoms with Crippen molar-refractivity contribution in [1.29, 1.82) is 5.26 Å². The number of pyridine rings is 1. The Morgan fingerprint density at radius 1 is 1.33 bits per heavy atom. The molecule has 0 spiro atoms. The summed E-state index contributed by atoms with van der Waals surface area (Å²) >= 11 is 0. The molecule has 1 aromatic rings. The van der Waals surface area contributed by atoms with Gasteiger partial charge < -0.3 is 9.84 Å². The lowest BCUT2D eigenvalue weighted by Crippen LogP contribution is -2.49. The summed E-state index contributed by atoms with van der Waals surface area (Å²) in [5.41, 5.74) is -4.88. The van der Waals surface area contributed by atoms with E-state index in [1.54, 1.807) is 6.92 Å². The molecular weight excluding hydrogens is 367 g/mol. The Labute approximate surface area is 151 Å². The van der Waals surface area contributed by atoms with Crippen molar-refractivity contribution in [2.45, 2.75) is 43.8 Å². The Morgan fingerprint density at radius 2 is 1.96 bits per heavy atom. The number of ether oxygens (including phenoxy) is 1. The zero-order chi connectivity index (χ0) is 19.9. The van der Waals surface area contributed by atoms with Gasteiger partial charge in [0.15, 0.2) is 5.69 Å². The number of carbonyl (C=O) groups excluding carboxylic acids is 2. The number of imide groups is 1. The molecule has 0 unspecified atom stereocenters. The molecule has 3 fully saturated rings. The summed E-state index contributed by atoms with van der Waals surface area (Å²) in [7, 11) is 0. The van der Waals surface area contributed by atoms with Crippen molar-refractivity contribution in [1.82, 2.24) is 4.98 Å². The third-order valence-electron chi connectivity index (χ3n) is 5.84. The minimum atomic E-state index is -4.87. The lowest BCUT2D eigenvalue weighted by Gasteiger charge is -2.31. The summed E-state index contributed by atoms with van der Waals surface area (Å²) < 4.78 is 45.4. The number of nitriles is 1. The molecule has 2 amide bonds. The fraction of sp³-hybridized carbons (Fsp3) is 0.529. The van der Waals surface area contributed by atoms with Crippen LogP contribution in [0.1, 0.15) is 31.5 Å². The number of alkyl halides is 3. The molecule has 5 atom stereocenters. The molecule has 4 rings (SSSR count). The van der Waals surface area contributed by atoms with Crippen LogP contribution in [0.25, 0.3) is 0 Å². The van der Waals surface area contributed by atoms with Gasteiger partial charge >= 0.3 is 6.18 Å². The van der Waals surface area contributed by atoms with Crippen LogP contribution < -0.4 is 4.90 Å². The minimum Gasteiger partial charge on any atom is -0.390 e. The molecule has 0 aromatic carbocycles. The summed E-state index contributed by atoms with van der Waals surface area (Å²) in [5.74, 6) is -3.33. The lowest BCUT2D eigenvalue weighted by atomic mass is 9.67. The Bertz CT molecular complexity index is 927. The van der Waals surface area contributed by atoms with Gasteiger partial charge in [-0.15, -0.1) is 0 Å². The largest absolute Gasteiger partial charge is 0.419 e. The van der Waals surface area contributed by atoms with Gasteiger partial charge in [-0.05, 0) is 19.9 Å². The summed E-state index contributed by atoms with van der Waals surface area (Å²) in [6.45, 7) is 3.14. The molecule has 0 aliphatic carbocycles. The second-order valence-corrected chi connectivity index (χ2v) is 7.48. The fourth-order valence-electron chi connectivity index (χ4n) is 4.66. The highest BCUT2D eigenvalue weighted by molar-refractivity contribution is 6.23. The number of rotatable bonds is 1. The molecule has 27 heavy (non-hydrogen) atoms. The number of halogens is 3. The van der Waals surface area contributed by atoms with Gasteiger partial charge in [-0.25, -0.2) is 9.88 Å². The monoisotopic (exact) mass is 381 g/mol. The van der Waals surface area contributed by atoms with Gasteiger partial charge in [0.25, 0.3) is 0 Å². The molecule has 3 aliphatic rings. The highest BCUT2D eigenvalue weighted by Crippen LogP contribution is 2.61. The van der Waals surface area contributed by atoms with Crippen LogP contribution in [0.3, 0.4) is 0 Å². The van der Waals surface area contributed by atoms with E-state index in [9.17, 15) is 27.9 Å². The number of fused-ring (bicyclic) bond motifs is 5. The molecule has 0 radical (unpaired) electrons.